The van der Waals surface area contributed by atoms with Crippen LogP contribution in [0.15, 0.2) is 23.1 Å². The monoisotopic (exact) mass is 384 g/mol. The average Bonchev–Trinajstić information content (AvgIpc) is 2.59. The molecule has 0 atom stereocenters. The smallest absolute Gasteiger partial charge is 0.320 e. The first-order chi connectivity index (χ1) is 12.2. The molecule has 144 valence electrons. The average molecular weight is 384 g/mol. The highest BCUT2D eigenvalue weighted by molar-refractivity contribution is 7.85. The molecule has 26 heavy (non-hydrogen) atoms. The van der Waals surface area contributed by atoms with E-state index in [4.69, 9.17) is 9.66 Å². The van der Waals surface area contributed by atoms with Crippen molar-refractivity contribution in [2.24, 2.45) is 0 Å². The fraction of sp³-hybridized carbons (Fsp3) is 0.444. The summed E-state index contributed by atoms with van der Waals surface area (Å²) in [6.07, 6.45) is 3.80. The molecule has 0 saturated heterocycles. The maximum atomic E-state index is 11.0. The second-order valence-electron chi connectivity index (χ2n) is 5.08. The molecule has 1 rings (SSSR count). The minimum absolute atomic E-state index is 0.0411. The first kappa shape index (κ1) is 23.6. The van der Waals surface area contributed by atoms with Gasteiger partial charge in [-0.3, -0.25) is 14.1 Å². The van der Waals surface area contributed by atoms with E-state index in [0.717, 1.165) is 17.5 Å². The second-order valence-corrected chi connectivity index (χ2v) is 6.47. The van der Waals surface area contributed by atoms with Crippen LogP contribution >= 0.6 is 0 Å². The Morgan fingerprint density at radius 1 is 1.12 bits per heavy atom. The number of carboxylic acid groups (broad SMARTS) is 1. The highest BCUT2D eigenvalue weighted by atomic mass is 32.2. The van der Waals surface area contributed by atoms with Gasteiger partial charge in [0.15, 0.2) is 0 Å². The molecule has 0 aliphatic rings. The summed E-state index contributed by atoms with van der Waals surface area (Å²) in [5.41, 5.74) is 1.69. The standard InChI is InChI=1S/C10H14O3S.C8H10O4/c1-3-8-6-5-7-10(9(8)4-2)14(11,12)13;1-2-3-6-12-8(11)5-4-7(9)10/h5-7H,3-4H2,1-2H3,(H,11,12,13);2,4-5H2,1H3,(H,9,10). The number of hydrogen-bond acceptors (Lipinski definition) is 5. The SMILES string of the molecule is CCC#COC(=O)CCC(=O)O.CCc1cccc(S(=O)(=O)O)c1CC. The fourth-order valence-corrected chi connectivity index (χ4v) is 2.85. The van der Waals surface area contributed by atoms with Gasteiger partial charge in [0.2, 0.25) is 0 Å². The zero-order valence-electron chi connectivity index (χ0n) is 15.1. The lowest BCUT2D eigenvalue weighted by molar-refractivity contribution is -0.143. The Bertz CT molecular complexity index is 770. The summed E-state index contributed by atoms with van der Waals surface area (Å²) in [5, 5.41) is 8.19. The van der Waals surface area contributed by atoms with E-state index in [9.17, 15) is 18.0 Å². The second kappa shape index (κ2) is 12.1. The lowest BCUT2D eigenvalue weighted by Gasteiger charge is -2.09. The molecule has 0 aliphatic carbocycles. The normalized spacial score (nSPS) is 10.0. The third-order valence-electron chi connectivity index (χ3n) is 3.20. The van der Waals surface area contributed by atoms with Crippen molar-refractivity contribution in [2.75, 3.05) is 0 Å². The molecule has 0 amide bonds. The van der Waals surface area contributed by atoms with Gasteiger partial charge in [-0.05, 0) is 30.0 Å². The largest absolute Gasteiger partial charge is 0.481 e. The maximum Gasteiger partial charge on any atom is 0.320 e. The molecule has 0 saturated carbocycles. The molecule has 0 spiro atoms. The summed E-state index contributed by atoms with van der Waals surface area (Å²) < 4.78 is 35.4. The third-order valence-corrected chi connectivity index (χ3v) is 4.14. The third kappa shape index (κ3) is 9.20. The molecular formula is C18H24O7S. The molecular weight excluding hydrogens is 360 g/mol. The fourth-order valence-electron chi connectivity index (χ4n) is 2.01. The van der Waals surface area contributed by atoms with E-state index in [-0.39, 0.29) is 17.7 Å². The van der Waals surface area contributed by atoms with E-state index in [0.29, 0.717) is 12.8 Å². The number of ether oxygens (including phenoxy) is 1. The summed E-state index contributed by atoms with van der Waals surface area (Å²) in [4.78, 5) is 20.7. The van der Waals surface area contributed by atoms with Crippen LogP contribution in [0.1, 0.15) is 51.2 Å². The van der Waals surface area contributed by atoms with Gasteiger partial charge < -0.3 is 9.84 Å². The van der Waals surface area contributed by atoms with Crippen molar-refractivity contribution in [2.45, 2.75) is 57.8 Å². The number of hydrogen-bond donors (Lipinski definition) is 2. The Hall–Kier alpha value is -2.37. The Kier molecular flexibility index (Phi) is 11.0. The van der Waals surface area contributed by atoms with Crippen molar-refractivity contribution in [1.82, 2.24) is 0 Å². The van der Waals surface area contributed by atoms with Crippen LogP contribution in [0.3, 0.4) is 0 Å². The van der Waals surface area contributed by atoms with Crippen LogP contribution < -0.4 is 0 Å². The highest BCUT2D eigenvalue weighted by Crippen LogP contribution is 2.20. The Balaban J connectivity index is 0.000000488. The lowest BCUT2D eigenvalue weighted by atomic mass is 10.0. The Morgan fingerprint density at radius 2 is 1.77 bits per heavy atom. The molecule has 1 aromatic carbocycles. The van der Waals surface area contributed by atoms with E-state index in [1.807, 2.05) is 26.8 Å². The maximum absolute atomic E-state index is 11.0. The summed E-state index contributed by atoms with van der Waals surface area (Å²) >= 11 is 0. The molecule has 1 aromatic rings. The first-order valence-electron chi connectivity index (χ1n) is 8.14. The van der Waals surface area contributed by atoms with Gasteiger partial charge in [0.05, 0.1) is 17.7 Å². The summed E-state index contributed by atoms with van der Waals surface area (Å²) in [6, 6.07) is 4.97. The van der Waals surface area contributed by atoms with Gasteiger partial charge in [0.1, 0.15) is 6.11 Å². The van der Waals surface area contributed by atoms with E-state index >= 15 is 0 Å². The molecule has 0 unspecified atom stereocenters. The number of aliphatic carboxylic acids is 1. The van der Waals surface area contributed by atoms with Crippen LogP contribution in [-0.2, 0) is 37.3 Å². The van der Waals surface area contributed by atoms with Gasteiger partial charge in [0.25, 0.3) is 10.1 Å². The predicted molar refractivity (Wildman–Crippen MR) is 96.0 cm³/mol. The number of carbonyl (C=O) groups is 2. The topological polar surface area (TPSA) is 118 Å². The van der Waals surface area contributed by atoms with Crippen molar-refractivity contribution in [1.29, 1.82) is 0 Å². The van der Waals surface area contributed by atoms with Gasteiger partial charge in [0, 0.05) is 6.42 Å². The van der Waals surface area contributed by atoms with Crippen LogP contribution in [0.5, 0.6) is 0 Å². The van der Waals surface area contributed by atoms with E-state index < -0.39 is 22.1 Å². The lowest BCUT2D eigenvalue weighted by Crippen LogP contribution is -2.05. The number of carboxylic acids is 1. The Morgan fingerprint density at radius 3 is 2.23 bits per heavy atom. The number of aryl methyl sites for hydroxylation is 1. The van der Waals surface area contributed by atoms with E-state index in [1.165, 1.54) is 6.07 Å². The van der Waals surface area contributed by atoms with Gasteiger partial charge in [-0.25, -0.2) is 0 Å². The highest BCUT2D eigenvalue weighted by Gasteiger charge is 2.15. The van der Waals surface area contributed by atoms with Gasteiger partial charge >= 0.3 is 11.9 Å². The molecule has 0 radical (unpaired) electrons. The molecule has 7 nitrogen and oxygen atoms in total. The number of rotatable bonds is 6. The molecule has 0 aliphatic heterocycles. The van der Waals surface area contributed by atoms with Crippen molar-refractivity contribution >= 4 is 22.1 Å². The van der Waals surface area contributed by atoms with Crippen LogP contribution in [-0.4, -0.2) is 30.0 Å². The molecule has 2 N–H and O–H groups in total. The zero-order valence-corrected chi connectivity index (χ0v) is 15.9. The number of benzene rings is 1. The van der Waals surface area contributed by atoms with Gasteiger partial charge in [-0.2, -0.15) is 8.42 Å². The summed E-state index contributed by atoms with van der Waals surface area (Å²) in [7, 11) is -4.08. The number of esters is 1. The molecule has 8 heteroatoms. The van der Waals surface area contributed by atoms with Gasteiger partial charge in [-0.1, -0.05) is 38.8 Å². The number of carbonyl (C=O) groups excluding carboxylic acids is 1. The van der Waals surface area contributed by atoms with E-state index in [2.05, 4.69) is 16.8 Å². The minimum atomic E-state index is -4.08. The van der Waals surface area contributed by atoms with Crippen LogP contribution in [0, 0.1) is 12.0 Å². The minimum Gasteiger partial charge on any atom is -0.481 e. The van der Waals surface area contributed by atoms with Crippen LogP contribution in [0.2, 0.25) is 0 Å². The van der Waals surface area contributed by atoms with Crippen molar-refractivity contribution in [3.05, 3.63) is 29.3 Å². The summed E-state index contributed by atoms with van der Waals surface area (Å²) in [6.45, 7) is 5.66. The Labute approximate surface area is 154 Å². The first-order valence-corrected chi connectivity index (χ1v) is 9.58. The molecule has 0 fully saturated rings. The van der Waals surface area contributed by atoms with Gasteiger partial charge in [-0.15, -0.1) is 0 Å². The molecule has 0 heterocycles. The quantitative estimate of drug-likeness (QED) is 0.440. The zero-order chi connectivity index (χ0) is 20.2. The van der Waals surface area contributed by atoms with E-state index in [1.54, 1.807) is 6.07 Å². The van der Waals surface area contributed by atoms with Crippen molar-refractivity contribution < 1.29 is 32.4 Å². The van der Waals surface area contributed by atoms with Crippen LogP contribution in [0.25, 0.3) is 0 Å². The predicted octanol–water partition coefficient (Wildman–Crippen LogP) is 2.82. The van der Waals surface area contributed by atoms with Crippen molar-refractivity contribution in [3.63, 3.8) is 0 Å². The molecule has 0 aromatic heterocycles. The summed E-state index contributed by atoms with van der Waals surface area (Å²) in [5.74, 6) is 0.909. The van der Waals surface area contributed by atoms with Crippen molar-refractivity contribution in [3.8, 4) is 12.0 Å². The van der Waals surface area contributed by atoms with Crippen LogP contribution in [0.4, 0.5) is 0 Å². The molecule has 0 bridgehead atoms.